The van der Waals surface area contributed by atoms with Crippen molar-refractivity contribution in [2.75, 3.05) is 6.61 Å². The number of carbonyl (C=O) groups excluding carboxylic acids is 2. The van der Waals surface area contributed by atoms with E-state index in [1.165, 1.54) is 37.7 Å². The number of carbonyl (C=O) groups is 2. The number of rotatable bonds is 4. The summed E-state index contributed by atoms with van der Waals surface area (Å²) in [6, 6.07) is 0. The van der Waals surface area contributed by atoms with Crippen molar-refractivity contribution in [3.63, 3.8) is 0 Å². The Morgan fingerprint density at radius 1 is 0.842 bits per heavy atom. The molecule has 0 aromatic carbocycles. The van der Waals surface area contributed by atoms with E-state index in [-0.39, 0.29) is 39.1 Å². The second-order valence-corrected chi connectivity index (χ2v) is 15.6. The van der Waals surface area contributed by atoms with Crippen LogP contribution in [0.15, 0.2) is 12.2 Å². The lowest BCUT2D eigenvalue weighted by Gasteiger charge is -2.73. The van der Waals surface area contributed by atoms with Gasteiger partial charge in [0.15, 0.2) is 0 Å². The van der Waals surface area contributed by atoms with Gasteiger partial charge in [-0.1, -0.05) is 46.8 Å². The summed E-state index contributed by atoms with van der Waals surface area (Å²) >= 11 is 0. The molecule has 214 valence electrons. The van der Waals surface area contributed by atoms with Gasteiger partial charge in [0.1, 0.15) is 6.10 Å². The molecule has 5 heteroatoms. The first-order chi connectivity index (χ1) is 17.6. The quantitative estimate of drug-likeness (QED) is 0.300. The van der Waals surface area contributed by atoms with E-state index in [0.717, 1.165) is 32.1 Å². The molecule has 0 heterocycles. The summed E-state index contributed by atoms with van der Waals surface area (Å²) in [5, 5.41) is 0. The highest BCUT2D eigenvalue weighted by atomic mass is 16.5. The summed E-state index contributed by atoms with van der Waals surface area (Å²) in [5.41, 5.74) is 7.58. The topological polar surface area (TPSA) is 78.6 Å². The second kappa shape index (κ2) is 8.99. The third-order valence-corrected chi connectivity index (χ3v) is 14.0. The molecule has 0 aromatic heterocycles. The van der Waals surface area contributed by atoms with Crippen LogP contribution in [0.5, 0.6) is 0 Å². The zero-order valence-corrected chi connectivity index (χ0v) is 25.2. The fourth-order valence-corrected chi connectivity index (χ4v) is 12.1. The zero-order chi connectivity index (χ0) is 27.9. The maximum atomic E-state index is 11.9. The number of hydrogen-bond acceptors (Lipinski definition) is 4. The third kappa shape index (κ3) is 3.75. The SMILES string of the molecule is C=C(C)C1CCC2(COC(N)=O)CC[C@]3(C)C(CCC4[C@@]5(C)CCC(OC(C)=O)C(C)(C)C5CC[C@]43C)C12. The molecule has 7 unspecified atom stereocenters. The van der Waals surface area contributed by atoms with E-state index in [9.17, 15) is 9.59 Å². The van der Waals surface area contributed by atoms with Gasteiger partial charge in [-0.15, -0.1) is 0 Å². The Hall–Kier alpha value is -1.52. The maximum absolute atomic E-state index is 11.9. The van der Waals surface area contributed by atoms with E-state index in [1.54, 1.807) is 6.92 Å². The Balaban J connectivity index is 1.49. The molecule has 10 atom stereocenters. The molecule has 5 saturated carbocycles. The molecule has 0 bridgehead atoms. The van der Waals surface area contributed by atoms with Crippen LogP contribution in [0.2, 0.25) is 0 Å². The first-order valence-electron chi connectivity index (χ1n) is 15.4. The highest BCUT2D eigenvalue weighted by molar-refractivity contribution is 5.66. The minimum atomic E-state index is -0.640. The standard InChI is InChI=1S/C33H53NO4/c1-20(2)22-11-16-33(19-37-28(34)36)18-17-31(7)23(27(22)33)9-10-25-30(6)14-13-26(38-21(3)35)29(4,5)24(30)12-15-32(25,31)8/h22-27H,1,9-19H2,2-8H3,(H2,34,36)/t22?,23?,24?,25?,26?,27?,30-,31+,32+,33?/m0/s1. The van der Waals surface area contributed by atoms with Crippen molar-refractivity contribution in [1.82, 2.24) is 0 Å². The first-order valence-corrected chi connectivity index (χ1v) is 15.4. The van der Waals surface area contributed by atoms with Crippen LogP contribution in [-0.4, -0.2) is 24.8 Å². The average Bonchev–Trinajstić information content (AvgIpc) is 3.20. The minimum Gasteiger partial charge on any atom is -0.462 e. The lowest BCUT2D eigenvalue weighted by atomic mass is 9.32. The number of esters is 1. The fourth-order valence-electron chi connectivity index (χ4n) is 12.1. The van der Waals surface area contributed by atoms with E-state index < -0.39 is 6.09 Å². The summed E-state index contributed by atoms with van der Waals surface area (Å²) in [7, 11) is 0. The van der Waals surface area contributed by atoms with Crippen LogP contribution < -0.4 is 5.73 Å². The Labute approximate surface area is 231 Å². The molecule has 5 nitrogen and oxygen atoms in total. The van der Waals surface area contributed by atoms with Gasteiger partial charge in [0.25, 0.3) is 0 Å². The van der Waals surface area contributed by atoms with Crippen LogP contribution in [0.3, 0.4) is 0 Å². The number of hydrogen-bond donors (Lipinski definition) is 1. The van der Waals surface area contributed by atoms with Crippen LogP contribution >= 0.6 is 0 Å². The monoisotopic (exact) mass is 527 g/mol. The smallest absolute Gasteiger partial charge is 0.404 e. The molecule has 0 saturated heterocycles. The second-order valence-electron chi connectivity index (χ2n) is 15.6. The molecule has 1 amide bonds. The number of ether oxygens (including phenoxy) is 2. The van der Waals surface area contributed by atoms with Gasteiger partial charge in [-0.25, -0.2) is 4.79 Å². The van der Waals surface area contributed by atoms with Gasteiger partial charge in [0, 0.05) is 17.8 Å². The summed E-state index contributed by atoms with van der Waals surface area (Å²) in [4.78, 5) is 23.6. The van der Waals surface area contributed by atoms with E-state index in [0.29, 0.717) is 36.2 Å². The number of nitrogens with two attached hydrogens (primary N) is 1. The molecule has 0 aromatic rings. The number of amides is 1. The molecule has 0 spiro atoms. The van der Waals surface area contributed by atoms with Crippen LogP contribution in [0.25, 0.3) is 0 Å². The van der Waals surface area contributed by atoms with Crippen LogP contribution in [0.4, 0.5) is 4.79 Å². The summed E-state index contributed by atoms with van der Waals surface area (Å²) < 4.78 is 11.5. The van der Waals surface area contributed by atoms with Gasteiger partial charge in [-0.05, 0) is 117 Å². The van der Waals surface area contributed by atoms with Gasteiger partial charge in [0.2, 0.25) is 0 Å². The van der Waals surface area contributed by atoms with Gasteiger partial charge in [-0.3, -0.25) is 4.79 Å². The van der Waals surface area contributed by atoms with E-state index in [1.807, 2.05) is 0 Å². The van der Waals surface area contributed by atoms with Crippen molar-refractivity contribution in [1.29, 1.82) is 0 Å². The molecule has 0 radical (unpaired) electrons. The predicted molar refractivity (Wildman–Crippen MR) is 150 cm³/mol. The number of allylic oxidation sites excluding steroid dienone is 1. The average molecular weight is 528 g/mol. The Kier molecular flexibility index (Phi) is 6.63. The van der Waals surface area contributed by atoms with Crippen molar-refractivity contribution in [2.24, 2.45) is 62.4 Å². The van der Waals surface area contributed by atoms with Gasteiger partial charge in [-0.2, -0.15) is 0 Å². The van der Waals surface area contributed by atoms with Crippen molar-refractivity contribution < 1.29 is 19.1 Å². The molecule has 38 heavy (non-hydrogen) atoms. The zero-order valence-electron chi connectivity index (χ0n) is 25.2. The van der Waals surface area contributed by atoms with E-state index in [4.69, 9.17) is 15.2 Å². The lowest BCUT2D eigenvalue weighted by Crippen LogP contribution is -2.67. The first kappa shape index (κ1) is 28.0. The summed E-state index contributed by atoms with van der Waals surface area (Å²) in [5.74, 6) is 2.72. The van der Waals surface area contributed by atoms with Crippen LogP contribution in [0, 0.1) is 56.7 Å². The van der Waals surface area contributed by atoms with E-state index in [2.05, 4.69) is 48.1 Å². The van der Waals surface area contributed by atoms with Crippen molar-refractivity contribution in [3.05, 3.63) is 12.2 Å². The molecular formula is C33H53NO4. The van der Waals surface area contributed by atoms with Gasteiger partial charge in [0.05, 0.1) is 6.61 Å². The molecule has 5 aliphatic rings. The lowest BCUT2D eigenvalue weighted by molar-refractivity contribution is -0.251. The fraction of sp³-hybridized carbons (Fsp3) is 0.879. The molecule has 0 aliphatic heterocycles. The molecular weight excluding hydrogens is 474 g/mol. The van der Waals surface area contributed by atoms with Crippen molar-refractivity contribution >= 4 is 12.1 Å². The van der Waals surface area contributed by atoms with Crippen molar-refractivity contribution in [3.8, 4) is 0 Å². The number of primary amides is 1. The predicted octanol–water partition coefficient (Wildman–Crippen LogP) is 7.67. The normalized spacial score (nSPS) is 49.0. The van der Waals surface area contributed by atoms with Crippen LogP contribution in [-0.2, 0) is 14.3 Å². The van der Waals surface area contributed by atoms with Gasteiger partial charge < -0.3 is 15.2 Å². The third-order valence-electron chi connectivity index (χ3n) is 14.0. The largest absolute Gasteiger partial charge is 0.462 e. The summed E-state index contributed by atoms with van der Waals surface area (Å²) in [6.45, 7) is 21.3. The highest BCUT2D eigenvalue weighted by Crippen LogP contribution is 2.77. The van der Waals surface area contributed by atoms with Gasteiger partial charge >= 0.3 is 12.1 Å². The highest BCUT2D eigenvalue weighted by Gasteiger charge is 2.71. The van der Waals surface area contributed by atoms with Crippen LogP contribution in [0.1, 0.15) is 113 Å². The Morgan fingerprint density at radius 3 is 2.18 bits per heavy atom. The molecule has 5 rings (SSSR count). The molecule has 2 N–H and O–H groups in total. The molecule has 5 fully saturated rings. The number of fused-ring (bicyclic) bond motifs is 7. The molecule has 5 aliphatic carbocycles. The minimum absolute atomic E-state index is 0.0118. The summed E-state index contributed by atoms with van der Waals surface area (Å²) in [6.07, 6.45) is 11.1. The Morgan fingerprint density at radius 2 is 1.55 bits per heavy atom. The maximum Gasteiger partial charge on any atom is 0.404 e. The Bertz CT molecular complexity index is 1000. The van der Waals surface area contributed by atoms with E-state index >= 15 is 0 Å². The van der Waals surface area contributed by atoms with Crippen molar-refractivity contribution in [2.45, 2.75) is 119 Å².